The number of pyridine rings is 1. The van der Waals surface area contributed by atoms with E-state index in [1.165, 1.54) is 12.3 Å². The van der Waals surface area contributed by atoms with Crippen LogP contribution in [0.25, 0.3) is 0 Å². The Morgan fingerprint density at radius 1 is 1.55 bits per heavy atom. The largest absolute Gasteiger partial charge is 0.409 e. The number of hydrogen-bond donors (Lipinski definition) is 2. The molecule has 0 amide bonds. The van der Waals surface area contributed by atoms with Crippen LogP contribution in [0, 0.1) is 22.0 Å². The summed E-state index contributed by atoms with van der Waals surface area (Å²) < 4.78 is 0. The first kappa shape index (κ1) is 14.0. The molecule has 0 bridgehead atoms. The smallest absolute Gasteiger partial charge is 0.288 e. The van der Waals surface area contributed by atoms with Gasteiger partial charge in [0, 0.05) is 19.2 Å². The number of amidine groups is 1. The van der Waals surface area contributed by atoms with Gasteiger partial charge < -0.3 is 15.8 Å². The van der Waals surface area contributed by atoms with Crippen LogP contribution in [0.15, 0.2) is 17.4 Å². The summed E-state index contributed by atoms with van der Waals surface area (Å²) in [4.78, 5) is 16.4. The van der Waals surface area contributed by atoms with E-state index in [0.717, 1.165) is 13.1 Å². The monoisotopic (exact) mass is 279 g/mol. The molecule has 1 fully saturated rings. The number of hydrogen-bond acceptors (Lipinski definition) is 6. The second kappa shape index (κ2) is 5.32. The number of aromatic nitrogens is 1. The molecule has 1 aliphatic rings. The maximum Gasteiger partial charge on any atom is 0.288 e. The van der Waals surface area contributed by atoms with Crippen molar-refractivity contribution >= 4 is 17.3 Å². The third kappa shape index (κ3) is 2.49. The zero-order valence-corrected chi connectivity index (χ0v) is 11.4. The van der Waals surface area contributed by atoms with Gasteiger partial charge in [-0.05, 0) is 11.8 Å². The molecule has 0 aliphatic carbocycles. The average Bonchev–Trinajstić information content (AvgIpc) is 2.77. The predicted molar refractivity (Wildman–Crippen MR) is 73.9 cm³/mol. The lowest BCUT2D eigenvalue weighted by Crippen LogP contribution is -2.26. The summed E-state index contributed by atoms with van der Waals surface area (Å²) in [7, 11) is 0. The summed E-state index contributed by atoms with van der Waals surface area (Å²) in [6.07, 6.45) is 1.19. The molecule has 3 N–H and O–H groups in total. The fourth-order valence-electron chi connectivity index (χ4n) is 2.34. The van der Waals surface area contributed by atoms with Crippen LogP contribution < -0.4 is 10.6 Å². The predicted octanol–water partition coefficient (Wildman–Crippen LogP) is 1.18. The molecule has 0 spiro atoms. The maximum absolute atomic E-state index is 10.8. The van der Waals surface area contributed by atoms with Crippen molar-refractivity contribution in [3.63, 3.8) is 0 Å². The molecule has 20 heavy (non-hydrogen) atoms. The zero-order chi connectivity index (χ0) is 14.9. The Hall–Kier alpha value is -2.38. The van der Waals surface area contributed by atoms with E-state index < -0.39 is 4.92 Å². The Bertz CT molecular complexity index is 550. The summed E-state index contributed by atoms with van der Waals surface area (Å²) in [5.41, 5.74) is 5.71. The van der Waals surface area contributed by atoms with Crippen LogP contribution >= 0.6 is 0 Å². The molecule has 0 aromatic carbocycles. The lowest BCUT2D eigenvalue weighted by Gasteiger charge is -2.19. The second-order valence-electron chi connectivity index (χ2n) is 5.17. The van der Waals surface area contributed by atoms with E-state index in [9.17, 15) is 10.1 Å². The van der Waals surface area contributed by atoms with Crippen LogP contribution in [0.1, 0.15) is 19.4 Å². The highest BCUT2D eigenvalue weighted by Crippen LogP contribution is 2.30. The van der Waals surface area contributed by atoms with Gasteiger partial charge in [0.2, 0.25) is 0 Å². The van der Waals surface area contributed by atoms with E-state index in [-0.39, 0.29) is 17.1 Å². The summed E-state index contributed by atoms with van der Waals surface area (Å²) >= 11 is 0. The van der Waals surface area contributed by atoms with Crippen molar-refractivity contribution in [1.82, 2.24) is 4.98 Å². The van der Waals surface area contributed by atoms with Crippen LogP contribution in [0.2, 0.25) is 0 Å². The molecule has 2 unspecified atom stereocenters. The minimum Gasteiger partial charge on any atom is -0.409 e. The quantitative estimate of drug-likeness (QED) is 0.282. The molecule has 0 radical (unpaired) electrons. The van der Waals surface area contributed by atoms with E-state index in [2.05, 4.69) is 24.0 Å². The van der Waals surface area contributed by atoms with E-state index in [0.29, 0.717) is 17.7 Å². The molecule has 8 nitrogen and oxygen atoms in total. The van der Waals surface area contributed by atoms with Gasteiger partial charge in [-0.25, -0.2) is 4.98 Å². The molecule has 2 rings (SSSR count). The molecule has 1 saturated heterocycles. The minimum atomic E-state index is -0.555. The van der Waals surface area contributed by atoms with Gasteiger partial charge in [-0.1, -0.05) is 19.0 Å². The van der Waals surface area contributed by atoms with Crippen molar-refractivity contribution in [2.75, 3.05) is 18.0 Å². The average molecular weight is 279 g/mol. The lowest BCUT2D eigenvalue weighted by atomic mass is 10.0. The Labute approximate surface area is 116 Å². The number of nitrogens with two attached hydrogens (primary N) is 1. The fraction of sp³-hybridized carbons (Fsp3) is 0.500. The van der Waals surface area contributed by atoms with E-state index in [4.69, 9.17) is 10.9 Å². The SMILES string of the molecule is CC1CN(c2ncc([N+](=O)[O-])cc2C(N)=NO)CC1C. The minimum absolute atomic E-state index is 0.177. The molecule has 0 saturated carbocycles. The molecular formula is C12H17N5O3. The zero-order valence-electron chi connectivity index (χ0n) is 11.4. The number of anilines is 1. The summed E-state index contributed by atoms with van der Waals surface area (Å²) in [5, 5.41) is 22.6. The van der Waals surface area contributed by atoms with E-state index in [1.807, 2.05) is 4.90 Å². The van der Waals surface area contributed by atoms with Gasteiger partial charge in [-0.15, -0.1) is 0 Å². The van der Waals surface area contributed by atoms with Gasteiger partial charge in [-0.3, -0.25) is 10.1 Å². The highest BCUT2D eigenvalue weighted by atomic mass is 16.6. The van der Waals surface area contributed by atoms with E-state index >= 15 is 0 Å². The molecule has 1 aromatic rings. The molecular weight excluding hydrogens is 262 g/mol. The highest BCUT2D eigenvalue weighted by molar-refractivity contribution is 6.02. The van der Waals surface area contributed by atoms with Crippen LogP contribution in [-0.4, -0.2) is 34.0 Å². The fourth-order valence-corrected chi connectivity index (χ4v) is 2.34. The summed E-state index contributed by atoms with van der Waals surface area (Å²) in [6, 6.07) is 1.28. The van der Waals surface area contributed by atoms with Gasteiger partial charge >= 0.3 is 0 Å². The van der Waals surface area contributed by atoms with Gasteiger partial charge in [-0.2, -0.15) is 0 Å². The van der Waals surface area contributed by atoms with Crippen molar-refractivity contribution in [2.45, 2.75) is 13.8 Å². The number of nitrogens with zero attached hydrogens (tertiary/aromatic N) is 4. The first-order chi connectivity index (χ1) is 9.43. The van der Waals surface area contributed by atoms with Crippen LogP contribution in [0.3, 0.4) is 0 Å². The Balaban J connectivity index is 2.45. The standard InChI is InChI=1S/C12H17N5O3/c1-7-5-16(6-8(7)2)12-10(11(13)15-18)3-9(4-14-12)17(19)20/h3-4,7-8,18H,5-6H2,1-2H3,(H2,13,15). The second-order valence-corrected chi connectivity index (χ2v) is 5.17. The third-order valence-corrected chi connectivity index (χ3v) is 3.73. The normalized spacial score (nSPS) is 23.1. The van der Waals surface area contributed by atoms with Crippen molar-refractivity contribution in [3.8, 4) is 0 Å². The van der Waals surface area contributed by atoms with Gasteiger partial charge in [0.15, 0.2) is 5.84 Å². The highest BCUT2D eigenvalue weighted by Gasteiger charge is 2.29. The van der Waals surface area contributed by atoms with Gasteiger partial charge in [0.05, 0.1) is 10.5 Å². The lowest BCUT2D eigenvalue weighted by molar-refractivity contribution is -0.385. The topological polar surface area (TPSA) is 118 Å². The van der Waals surface area contributed by atoms with Crippen LogP contribution in [0.4, 0.5) is 11.5 Å². The number of rotatable bonds is 3. The summed E-state index contributed by atoms with van der Waals surface area (Å²) in [6.45, 7) is 5.85. The molecule has 2 heterocycles. The molecule has 8 heteroatoms. The Morgan fingerprint density at radius 2 is 2.15 bits per heavy atom. The first-order valence-corrected chi connectivity index (χ1v) is 6.31. The molecule has 1 aliphatic heterocycles. The molecule has 108 valence electrons. The van der Waals surface area contributed by atoms with Crippen molar-refractivity contribution in [1.29, 1.82) is 0 Å². The van der Waals surface area contributed by atoms with Crippen molar-refractivity contribution < 1.29 is 10.1 Å². The molecule has 2 atom stereocenters. The van der Waals surface area contributed by atoms with Crippen LogP contribution in [0.5, 0.6) is 0 Å². The molecule has 1 aromatic heterocycles. The number of oxime groups is 1. The van der Waals surface area contributed by atoms with Crippen LogP contribution in [-0.2, 0) is 0 Å². The van der Waals surface area contributed by atoms with Gasteiger partial charge in [0.25, 0.3) is 5.69 Å². The maximum atomic E-state index is 10.8. The van der Waals surface area contributed by atoms with Crippen molar-refractivity contribution in [2.24, 2.45) is 22.7 Å². The van der Waals surface area contributed by atoms with Crippen molar-refractivity contribution in [3.05, 3.63) is 27.9 Å². The van der Waals surface area contributed by atoms with E-state index in [1.54, 1.807) is 0 Å². The first-order valence-electron chi connectivity index (χ1n) is 6.31. The van der Waals surface area contributed by atoms with Gasteiger partial charge in [0.1, 0.15) is 12.0 Å². The Morgan fingerprint density at radius 3 is 2.65 bits per heavy atom. The Kier molecular flexibility index (Phi) is 3.73. The number of nitro groups is 1. The summed E-state index contributed by atoms with van der Waals surface area (Å²) in [5.74, 6) is 1.32. The third-order valence-electron chi connectivity index (χ3n) is 3.73.